The summed E-state index contributed by atoms with van der Waals surface area (Å²) < 4.78 is 0. The lowest BCUT2D eigenvalue weighted by molar-refractivity contribution is 0.147. The second-order valence-electron chi connectivity index (χ2n) is 3.10. The van der Waals surface area contributed by atoms with Gasteiger partial charge in [0, 0.05) is 5.54 Å². The van der Waals surface area contributed by atoms with Crippen LogP contribution in [-0.2, 0) is 0 Å². The third kappa shape index (κ3) is 2.45. The zero-order chi connectivity index (χ0) is 6.74. The van der Waals surface area contributed by atoms with Crippen LogP contribution in [0.3, 0.4) is 0 Å². The van der Waals surface area contributed by atoms with E-state index in [1.54, 1.807) is 0 Å². The topological polar surface area (TPSA) is 32.3 Å². The Morgan fingerprint density at radius 3 is 2.50 bits per heavy atom. The van der Waals surface area contributed by atoms with Gasteiger partial charge in [-0.15, -0.1) is 12.4 Å². The fourth-order valence-corrected chi connectivity index (χ4v) is 1.25. The fourth-order valence-electron chi connectivity index (χ4n) is 1.25. The van der Waals surface area contributed by atoms with Crippen LogP contribution in [0.2, 0.25) is 0 Å². The van der Waals surface area contributed by atoms with Crippen LogP contribution in [0.1, 0.15) is 26.2 Å². The molecule has 62 valence electrons. The second-order valence-corrected chi connectivity index (χ2v) is 3.10. The molecule has 0 spiro atoms. The molecule has 3 heteroatoms. The predicted molar refractivity (Wildman–Crippen MR) is 44.6 cm³/mol. The fraction of sp³-hybridized carbons (Fsp3) is 1.00. The molecule has 10 heavy (non-hydrogen) atoms. The molecule has 0 aliphatic carbocycles. The molecule has 1 unspecified atom stereocenters. The van der Waals surface area contributed by atoms with Gasteiger partial charge in [0.15, 0.2) is 0 Å². The molecule has 0 aromatic heterocycles. The molecule has 1 aliphatic rings. The molecular formula is C7H16ClNO. The largest absolute Gasteiger partial charge is 0.394 e. The lowest BCUT2D eigenvalue weighted by atomic mass is 9.92. The van der Waals surface area contributed by atoms with Gasteiger partial charge >= 0.3 is 0 Å². The summed E-state index contributed by atoms with van der Waals surface area (Å²) in [5, 5.41) is 12.2. The van der Waals surface area contributed by atoms with Crippen molar-refractivity contribution in [2.45, 2.75) is 31.7 Å². The third-order valence-electron chi connectivity index (χ3n) is 2.06. The van der Waals surface area contributed by atoms with Crippen molar-refractivity contribution in [2.24, 2.45) is 0 Å². The summed E-state index contributed by atoms with van der Waals surface area (Å²) in [6.45, 7) is 3.41. The molecular weight excluding hydrogens is 150 g/mol. The predicted octanol–water partition coefficient (Wildman–Crippen LogP) is 0.933. The minimum Gasteiger partial charge on any atom is -0.394 e. The Morgan fingerprint density at radius 2 is 2.20 bits per heavy atom. The SMILES string of the molecule is CC1(CO)CCCCN1.Cl. The van der Waals surface area contributed by atoms with Crippen molar-refractivity contribution < 1.29 is 5.11 Å². The van der Waals surface area contributed by atoms with Gasteiger partial charge in [0.2, 0.25) is 0 Å². The van der Waals surface area contributed by atoms with Crippen LogP contribution in [0.15, 0.2) is 0 Å². The van der Waals surface area contributed by atoms with Gasteiger partial charge in [-0.05, 0) is 26.3 Å². The van der Waals surface area contributed by atoms with Crippen molar-refractivity contribution in [3.05, 3.63) is 0 Å². The molecule has 2 N–H and O–H groups in total. The van der Waals surface area contributed by atoms with Crippen LogP contribution < -0.4 is 5.32 Å². The van der Waals surface area contributed by atoms with Gasteiger partial charge < -0.3 is 10.4 Å². The Kier molecular flexibility index (Phi) is 4.25. The third-order valence-corrected chi connectivity index (χ3v) is 2.06. The minimum absolute atomic E-state index is 0. The lowest BCUT2D eigenvalue weighted by Gasteiger charge is -2.32. The zero-order valence-corrected chi connectivity index (χ0v) is 7.21. The van der Waals surface area contributed by atoms with Crippen LogP contribution in [0, 0.1) is 0 Å². The molecule has 1 aliphatic heterocycles. The number of piperidine rings is 1. The Morgan fingerprint density at radius 1 is 1.50 bits per heavy atom. The summed E-state index contributed by atoms with van der Waals surface area (Å²) >= 11 is 0. The first kappa shape index (κ1) is 10.2. The molecule has 0 saturated carbocycles. The number of rotatable bonds is 1. The van der Waals surface area contributed by atoms with Gasteiger partial charge in [-0.3, -0.25) is 0 Å². The monoisotopic (exact) mass is 165 g/mol. The quantitative estimate of drug-likeness (QED) is 0.606. The maximum Gasteiger partial charge on any atom is 0.0610 e. The summed E-state index contributed by atoms with van der Waals surface area (Å²) in [4.78, 5) is 0. The van der Waals surface area contributed by atoms with E-state index in [4.69, 9.17) is 5.11 Å². The van der Waals surface area contributed by atoms with Gasteiger partial charge in [0.25, 0.3) is 0 Å². The van der Waals surface area contributed by atoms with E-state index in [9.17, 15) is 0 Å². The minimum atomic E-state index is 0. The van der Waals surface area contributed by atoms with Crippen molar-refractivity contribution in [1.82, 2.24) is 5.32 Å². The van der Waals surface area contributed by atoms with E-state index in [0.29, 0.717) is 0 Å². The Bertz CT molecular complexity index is 91.6. The lowest BCUT2D eigenvalue weighted by Crippen LogP contribution is -2.48. The van der Waals surface area contributed by atoms with Crippen LogP contribution >= 0.6 is 12.4 Å². The number of aliphatic hydroxyl groups excluding tert-OH is 1. The molecule has 0 aromatic carbocycles. The molecule has 1 saturated heterocycles. The summed E-state index contributed by atoms with van der Waals surface area (Å²) in [6, 6.07) is 0. The number of halogens is 1. The molecule has 0 amide bonds. The van der Waals surface area contributed by atoms with Gasteiger partial charge in [-0.25, -0.2) is 0 Å². The van der Waals surface area contributed by atoms with E-state index >= 15 is 0 Å². The van der Waals surface area contributed by atoms with Crippen LogP contribution in [0.5, 0.6) is 0 Å². The highest BCUT2D eigenvalue weighted by Gasteiger charge is 2.24. The average Bonchev–Trinajstić information content (AvgIpc) is 1.90. The van der Waals surface area contributed by atoms with Crippen molar-refractivity contribution in [1.29, 1.82) is 0 Å². The van der Waals surface area contributed by atoms with E-state index in [0.717, 1.165) is 13.0 Å². The van der Waals surface area contributed by atoms with Gasteiger partial charge in [-0.2, -0.15) is 0 Å². The molecule has 1 heterocycles. The van der Waals surface area contributed by atoms with Crippen molar-refractivity contribution in [2.75, 3.05) is 13.2 Å². The Hall–Kier alpha value is 0.210. The standard InChI is InChI=1S/C7H15NO.ClH/c1-7(6-9)4-2-3-5-8-7;/h8-9H,2-6H2,1H3;1H. The molecule has 0 bridgehead atoms. The smallest absolute Gasteiger partial charge is 0.0610 e. The second kappa shape index (κ2) is 4.16. The highest BCUT2D eigenvalue weighted by Crippen LogP contribution is 2.16. The molecule has 0 radical (unpaired) electrons. The molecule has 1 rings (SSSR count). The summed E-state index contributed by atoms with van der Waals surface area (Å²) in [5.74, 6) is 0. The zero-order valence-electron chi connectivity index (χ0n) is 6.39. The van der Waals surface area contributed by atoms with Crippen LogP contribution in [0.4, 0.5) is 0 Å². The van der Waals surface area contributed by atoms with E-state index in [2.05, 4.69) is 12.2 Å². The number of aliphatic hydroxyl groups is 1. The maximum absolute atomic E-state index is 8.89. The van der Waals surface area contributed by atoms with Crippen LogP contribution in [0.25, 0.3) is 0 Å². The van der Waals surface area contributed by atoms with Crippen molar-refractivity contribution in [3.8, 4) is 0 Å². The van der Waals surface area contributed by atoms with Gasteiger partial charge in [-0.1, -0.05) is 6.42 Å². The van der Waals surface area contributed by atoms with Gasteiger partial charge in [0.05, 0.1) is 6.61 Å². The first-order valence-electron chi connectivity index (χ1n) is 3.63. The summed E-state index contributed by atoms with van der Waals surface area (Å²) in [5.41, 5.74) is 0.0260. The number of nitrogens with one attached hydrogen (secondary N) is 1. The van der Waals surface area contributed by atoms with E-state index in [-0.39, 0.29) is 24.6 Å². The van der Waals surface area contributed by atoms with Gasteiger partial charge in [0.1, 0.15) is 0 Å². The molecule has 1 atom stereocenters. The molecule has 1 fully saturated rings. The Balaban J connectivity index is 0.000000810. The summed E-state index contributed by atoms with van der Waals surface area (Å²) in [7, 11) is 0. The number of hydrogen-bond acceptors (Lipinski definition) is 2. The average molecular weight is 166 g/mol. The number of hydrogen-bond donors (Lipinski definition) is 2. The maximum atomic E-state index is 8.89. The van der Waals surface area contributed by atoms with Crippen LogP contribution in [-0.4, -0.2) is 23.8 Å². The molecule has 0 aromatic rings. The summed E-state index contributed by atoms with van der Waals surface area (Å²) in [6.07, 6.45) is 3.63. The highest BCUT2D eigenvalue weighted by molar-refractivity contribution is 5.85. The Labute approximate surface area is 68.4 Å². The van der Waals surface area contributed by atoms with Crippen molar-refractivity contribution in [3.63, 3.8) is 0 Å². The first-order chi connectivity index (χ1) is 4.27. The van der Waals surface area contributed by atoms with Crippen molar-refractivity contribution >= 4 is 12.4 Å². The van der Waals surface area contributed by atoms with E-state index < -0.39 is 0 Å². The first-order valence-corrected chi connectivity index (χ1v) is 3.63. The highest BCUT2D eigenvalue weighted by atomic mass is 35.5. The normalized spacial score (nSPS) is 33.0. The molecule has 2 nitrogen and oxygen atoms in total. The van der Waals surface area contributed by atoms with E-state index in [1.165, 1.54) is 12.8 Å². The van der Waals surface area contributed by atoms with E-state index in [1.807, 2.05) is 0 Å².